The number of carbonyl (C=O) groups excluding carboxylic acids is 2. The SMILES string of the molecule is CCC(CC)CC1C=C2OC(=O)C(CCOC(=O)c3ccccc3)CC2OC1. The van der Waals surface area contributed by atoms with Crippen molar-refractivity contribution >= 4 is 11.9 Å². The van der Waals surface area contributed by atoms with Crippen LogP contribution < -0.4 is 0 Å². The number of benzene rings is 1. The van der Waals surface area contributed by atoms with Crippen LogP contribution in [0.5, 0.6) is 0 Å². The van der Waals surface area contributed by atoms with Crippen LogP contribution in [0.15, 0.2) is 42.2 Å². The highest BCUT2D eigenvalue weighted by Crippen LogP contribution is 2.34. The van der Waals surface area contributed by atoms with Crippen LogP contribution in [-0.2, 0) is 19.0 Å². The smallest absolute Gasteiger partial charge is 0.338 e. The Kier molecular flexibility index (Phi) is 7.26. The van der Waals surface area contributed by atoms with Crippen molar-refractivity contribution in [1.82, 2.24) is 0 Å². The van der Waals surface area contributed by atoms with Gasteiger partial charge in [-0.2, -0.15) is 0 Å². The lowest BCUT2D eigenvalue weighted by Crippen LogP contribution is -2.38. The van der Waals surface area contributed by atoms with Crippen molar-refractivity contribution < 1.29 is 23.8 Å². The van der Waals surface area contributed by atoms with E-state index < -0.39 is 0 Å². The van der Waals surface area contributed by atoms with Gasteiger partial charge in [-0.3, -0.25) is 4.79 Å². The average Bonchev–Trinajstić information content (AvgIpc) is 2.72. The molecule has 3 rings (SSSR count). The van der Waals surface area contributed by atoms with Gasteiger partial charge in [0.1, 0.15) is 11.9 Å². The third kappa shape index (κ3) is 5.22. The summed E-state index contributed by atoms with van der Waals surface area (Å²) in [6, 6.07) is 8.85. The van der Waals surface area contributed by atoms with Crippen LogP contribution in [0.25, 0.3) is 0 Å². The van der Waals surface area contributed by atoms with Gasteiger partial charge in [0, 0.05) is 5.92 Å². The maximum absolute atomic E-state index is 12.4. The number of ether oxygens (including phenoxy) is 3. The van der Waals surface area contributed by atoms with Crippen LogP contribution in [0, 0.1) is 17.8 Å². The molecule has 0 aliphatic carbocycles. The van der Waals surface area contributed by atoms with Gasteiger partial charge in [0.05, 0.1) is 24.7 Å². The summed E-state index contributed by atoms with van der Waals surface area (Å²) in [4.78, 5) is 24.4. The maximum atomic E-state index is 12.4. The van der Waals surface area contributed by atoms with E-state index in [4.69, 9.17) is 14.2 Å². The number of fused-ring (bicyclic) bond motifs is 1. The Balaban J connectivity index is 1.49. The van der Waals surface area contributed by atoms with Gasteiger partial charge in [0.25, 0.3) is 0 Å². The molecule has 3 atom stereocenters. The number of hydrogen-bond acceptors (Lipinski definition) is 5. The van der Waals surface area contributed by atoms with Crippen LogP contribution in [-0.4, -0.2) is 31.3 Å². The van der Waals surface area contributed by atoms with Crippen LogP contribution in [0.1, 0.15) is 56.3 Å². The molecule has 1 fully saturated rings. The summed E-state index contributed by atoms with van der Waals surface area (Å²) in [7, 11) is 0. The van der Waals surface area contributed by atoms with E-state index in [1.165, 1.54) is 0 Å². The van der Waals surface area contributed by atoms with E-state index in [0.717, 1.165) is 19.3 Å². The maximum Gasteiger partial charge on any atom is 0.338 e. The number of hydrogen-bond donors (Lipinski definition) is 0. The molecule has 0 saturated carbocycles. The average molecular weight is 386 g/mol. The fourth-order valence-corrected chi connectivity index (χ4v) is 3.92. The predicted molar refractivity (Wildman–Crippen MR) is 106 cm³/mol. The van der Waals surface area contributed by atoms with Gasteiger partial charge in [-0.1, -0.05) is 44.9 Å². The Morgan fingerprint density at radius 1 is 1.21 bits per heavy atom. The van der Waals surface area contributed by atoms with Crippen molar-refractivity contribution in [3.05, 3.63) is 47.7 Å². The molecule has 1 saturated heterocycles. The highest BCUT2D eigenvalue weighted by atomic mass is 16.6. The first-order chi connectivity index (χ1) is 13.6. The molecule has 2 aliphatic heterocycles. The van der Waals surface area contributed by atoms with Crippen molar-refractivity contribution in [2.75, 3.05) is 13.2 Å². The van der Waals surface area contributed by atoms with E-state index in [2.05, 4.69) is 19.9 Å². The summed E-state index contributed by atoms with van der Waals surface area (Å²) in [5.41, 5.74) is 0.512. The van der Waals surface area contributed by atoms with E-state index in [9.17, 15) is 9.59 Å². The molecule has 3 unspecified atom stereocenters. The highest BCUT2D eigenvalue weighted by Gasteiger charge is 2.37. The highest BCUT2D eigenvalue weighted by molar-refractivity contribution is 5.89. The summed E-state index contributed by atoms with van der Waals surface area (Å²) < 4.78 is 16.9. The van der Waals surface area contributed by atoms with Crippen LogP contribution >= 0.6 is 0 Å². The zero-order chi connectivity index (χ0) is 19.9. The third-order valence-electron chi connectivity index (χ3n) is 5.78. The zero-order valence-electron chi connectivity index (χ0n) is 16.8. The lowest BCUT2D eigenvalue weighted by atomic mass is 9.87. The fourth-order valence-electron chi connectivity index (χ4n) is 3.92. The topological polar surface area (TPSA) is 61.8 Å². The molecule has 2 heterocycles. The number of esters is 2. The van der Waals surface area contributed by atoms with Crippen molar-refractivity contribution in [1.29, 1.82) is 0 Å². The Bertz CT molecular complexity index is 692. The van der Waals surface area contributed by atoms with Gasteiger partial charge in [0.15, 0.2) is 0 Å². The standard InChI is InChI=1S/C23H30O5/c1-3-16(4-2)12-17-13-21-20(27-15-17)14-19(23(25)28-21)10-11-26-22(24)18-8-6-5-7-9-18/h5-9,13,16-17,19-20H,3-4,10-12,14-15H2,1-2H3. The number of carbonyl (C=O) groups is 2. The van der Waals surface area contributed by atoms with E-state index in [0.29, 0.717) is 42.6 Å². The molecule has 1 aromatic carbocycles. The Hall–Kier alpha value is -2.14. The molecule has 5 nitrogen and oxygen atoms in total. The van der Waals surface area contributed by atoms with Gasteiger partial charge >= 0.3 is 11.9 Å². The van der Waals surface area contributed by atoms with E-state index in [1.807, 2.05) is 6.07 Å². The molecule has 5 heteroatoms. The molecule has 0 radical (unpaired) electrons. The Morgan fingerprint density at radius 3 is 2.68 bits per heavy atom. The van der Waals surface area contributed by atoms with Crippen molar-refractivity contribution in [2.24, 2.45) is 17.8 Å². The summed E-state index contributed by atoms with van der Waals surface area (Å²) in [6.45, 7) is 5.29. The third-order valence-corrected chi connectivity index (χ3v) is 5.78. The normalized spacial score (nSPS) is 24.3. The number of rotatable bonds is 8. The minimum atomic E-state index is -0.372. The first kappa shape index (κ1) is 20.6. The second-order valence-electron chi connectivity index (χ2n) is 7.71. The summed E-state index contributed by atoms with van der Waals surface area (Å²) >= 11 is 0. The van der Waals surface area contributed by atoms with Gasteiger partial charge < -0.3 is 14.2 Å². The van der Waals surface area contributed by atoms with Gasteiger partial charge in [0.2, 0.25) is 0 Å². The van der Waals surface area contributed by atoms with Crippen molar-refractivity contribution in [3.63, 3.8) is 0 Å². The second-order valence-corrected chi connectivity index (χ2v) is 7.71. The van der Waals surface area contributed by atoms with Gasteiger partial charge in [-0.15, -0.1) is 0 Å². The largest absolute Gasteiger partial charge is 0.462 e. The first-order valence-corrected chi connectivity index (χ1v) is 10.4. The van der Waals surface area contributed by atoms with Crippen molar-refractivity contribution in [2.45, 2.75) is 52.1 Å². The molecule has 0 spiro atoms. The van der Waals surface area contributed by atoms with Gasteiger partial charge in [-0.25, -0.2) is 4.79 Å². The molecule has 28 heavy (non-hydrogen) atoms. The van der Waals surface area contributed by atoms with E-state index >= 15 is 0 Å². The minimum absolute atomic E-state index is 0.162. The van der Waals surface area contributed by atoms with Crippen LogP contribution in [0.2, 0.25) is 0 Å². The summed E-state index contributed by atoms with van der Waals surface area (Å²) in [6.07, 6.45) is 6.35. The molecule has 152 valence electrons. The molecule has 2 aliphatic rings. The summed E-state index contributed by atoms with van der Waals surface area (Å²) in [5.74, 6) is 0.736. The van der Waals surface area contributed by atoms with Crippen LogP contribution in [0.3, 0.4) is 0 Å². The lowest BCUT2D eigenvalue weighted by Gasteiger charge is -2.35. The molecular weight excluding hydrogens is 356 g/mol. The lowest BCUT2D eigenvalue weighted by molar-refractivity contribution is -0.156. The minimum Gasteiger partial charge on any atom is -0.462 e. The predicted octanol–water partition coefficient (Wildman–Crippen LogP) is 4.52. The zero-order valence-corrected chi connectivity index (χ0v) is 16.8. The second kappa shape index (κ2) is 9.87. The van der Waals surface area contributed by atoms with Crippen LogP contribution in [0.4, 0.5) is 0 Å². The molecule has 0 aromatic heterocycles. The Labute approximate surface area is 167 Å². The molecule has 1 aromatic rings. The molecule has 0 bridgehead atoms. The molecule has 0 N–H and O–H groups in total. The summed E-state index contributed by atoms with van der Waals surface area (Å²) in [5, 5.41) is 0. The monoisotopic (exact) mass is 386 g/mol. The van der Waals surface area contributed by atoms with Crippen molar-refractivity contribution in [3.8, 4) is 0 Å². The van der Waals surface area contributed by atoms with E-state index in [1.54, 1.807) is 24.3 Å². The van der Waals surface area contributed by atoms with Gasteiger partial charge in [-0.05, 0) is 43.4 Å². The van der Waals surface area contributed by atoms with E-state index in [-0.39, 0.29) is 30.6 Å². The molecule has 0 amide bonds. The first-order valence-electron chi connectivity index (χ1n) is 10.4. The quantitative estimate of drug-likeness (QED) is 0.615. The molecular formula is C23H30O5. The Morgan fingerprint density at radius 2 is 1.96 bits per heavy atom. The fraction of sp³-hybridized carbons (Fsp3) is 0.565.